The summed E-state index contributed by atoms with van der Waals surface area (Å²) in [5.74, 6) is 0.650. The molecule has 0 aliphatic heterocycles. The summed E-state index contributed by atoms with van der Waals surface area (Å²) in [5, 5.41) is 8.22. The predicted octanol–water partition coefficient (Wildman–Crippen LogP) is 4.42. The van der Waals surface area contributed by atoms with Gasteiger partial charge in [0.25, 0.3) is 0 Å². The molecule has 5 nitrogen and oxygen atoms in total. The Morgan fingerprint density at radius 2 is 2.22 bits per heavy atom. The van der Waals surface area contributed by atoms with Crippen LogP contribution in [0.1, 0.15) is 16.9 Å². The van der Waals surface area contributed by atoms with E-state index in [1.807, 2.05) is 25.1 Å². The van der Waals surface area contributed by atoms with Crippen LogP contribution in [0.25, 0.3) is 21.7 Å². The minimum absolute atomic E-state index is 0.215. The van der Waals surface area contributed by atoms with Gasteiger partial charge in [0.15, 0.2) is 0 Å². The Balaban J connectivity index is 2.56. The maximum atomic E-state index is 8.40. The first kappa shape index (κ1) is 12.5. The average molecular weight is 263 g/mol. The molecule has 6 heteroatoms. The smallest absolute Gasteiger partial charge is 0.137 e. The Morgan fingerprint density at radius 1 is 1.44 bits per heavy atom. The molecule has 1 aromatic carbocycles. The highest BCUT2D eigenvalue weighted by Crippen LogP contribution is 2.30. The fourth-order valence-electron chi connectivity index (χ4n) is 1.74. The molecule has 0 aliphatic carbocycles. The zero-order valence-electron chi connectivity index (χ0n) is 10.0. The quantitative estimate of drug-likeness (QED) is 0.466. The Bertz CT molecular complexity index is 629. The van der Waals surface area contributed by atoms with Crippen molar-refractivity contribution >= 4 is 11.6 Å². The van der Waals surface area contributed by atoms with Gasteiger partial charge in [-0.15, -0.1) is 0 Å². The number of halogens is 1. The molecule has 0 fully saturated rings. The molecule has 0 spiro atoms. The van der Waals surface area contributed by atoms with Crippen LogP contribution in [-0.4, -0.2) is 5.16 Å². The van der Waals surface area contributed by atoms with Gasteiger partial charge in [0.05, 0.1) is 6.54 Å². The van der Waals surface area contributed by atoms with Crippen LogP contribution in [-0.2, 0) is 6.54 Å². The highest BCUT2D eigenvalue weighted by atomic mass is 35.5. The third-order valence-corrected chi connectivity index (χ3v) is 2.97. The SMILES string of the molecule is Cc1ccc(Cl)cc1-c1noc(C)c1CN=[N+]=[N-]. The molecule has 18 heavy (non-hydrogen) atoms. The number of hydrogen-bond acceptors (Lipinski definition) is 3. The van der Waals surface area contributed by atoms with Crippen molar-refractivity contribution in [3.8, 4) is 11.3 Å². The average Bonchev–Trinajstić information content (AvgIpc) is 2.71. The van der Waals surface area contributed by atoms with E-state index in [9.17, 15) is 0 Å². The number of aryl methyl sites for hydroxylation is 2. The second kappa shape index (κ2) is 5.12. The number of aromatic nitrogens is 1. The van der Waals surface area contributed by atoms with Crippen LogP contribution in [0.4, 0.5) is 0 Å². The maximum absolute atomic E-state index is 8.40. The molecule has 1 aromatic heterocycles. The molecule has 0 aliphatic rings. The van der Waals surface area contributed by atoms with Crippen molar-refractivity contribution in [1.82, 2.24) is 5.16 Å². The van der Waals surface area contributed by atoms with E-state index in [0.29, 0.717) is 16.5 Å². The molecule has 2 rings (SSSR count). The lowest BCUT2D eigenvalue weighted by Gasteiger charge is -2.04. The molecule has 92 valence electrons. The monoisotopic (exact) mass is 262 g/mol. The van der Waals surface area contributed by atoms with Gasteiger partial charge in [0.1, 0.15) is 11.5 Å². The molecule has 0 amide bonds. The summed E-state index contributed by atoms with van der Waals surface area (Å²) < 4.78 is 5.17. The van der Waals surface area contributed by atoms with E-state index in [-0.39, 0.29) is 6.54 Å². The molecule has 2 aromatic rings. The van der Waals surface area contributed by atoms with Crippen LogP contribution >= 0.6 is 11.6 Å². The van der Waals surface area contributed by atoms with Gasteiger partial charge in [-0.3, -0.25) is 0 Å². The van der Waals surface area contributed by atoms with Gasteiger partial charge >= 0.3 is 0 Å². The number of hydrogen-bond donors (Lipinski definition) is 0. The van der Waals surface area contributed by atoms with E-state index < -0.39 is 0 Å². The highest BCUT2D eigenvalue weighted by Gasteiger charge is 2.15. The van der Waals surface area contributed by atoms with Crippen molar-refractivity contribution in [2.45, 2.75) is 20.4 Å². The van der Waals surface area contributed by atoms with Crippen molar-refractivity contribution in [1.29, 1.82) is 0 Å². The summed E-state index contributed by atoms with van der Waals surface area (Å²) in [5.41, 5.74) is 11.8. The standard InChI is InChI=1S/C12H11ClN4O/c1-7-3-4-9(13)5-10(7)12-11(6-15-17-14)8(2)18-16-12/h3-5H,6H2,1-2H3. The van der Waals surface area contributed by atoms with Gasteiger partial charge < -0.3 is 4.52 Å². The number of benzene rings is 1. The first-order chi connectivity index (χ1) is 8.63. The lowest BCUT2D eigenvalue weighted by atomic mass is 10.0. The summed E-state index contributed by atoms with van der Waals surface area (Å²) >= 11 is 5.99. The van der Waals surface area contributed by atoms with Crippen LogP contribution in [0.5, 0.6) is 0 Å². The molecular weight excluding hydrogens is 252 g/mol. The van der Waals surface area contributed by atoms with E-state index >= 15 is 0 Å². The van der Waals surface area contributed by atoms with E-state index in [1.165, 1.54) is 0 Å². The third-order valence-electron chi connectivity index (χ3n) is 2.73. The van der Waals surface area contributed by atoms with Crippen LogP contribution in [0.3, 0.4) is 0 Å². The summed E-state index contributed by atoms with van der Waals surface area (Å²) in [6, 6.07) is 5.56. The fraction of sp³-hybridized carbons (Fsp3) is 0.250. The molecule has 0 saturated carbocycles. The third kappa shape index (κ3) is 2.32. The Labute approximate surface area is 109 Å². The molecule has 0 radical (unpaired) electrons. The predicted molar refractivity (Wildman–Crippen MR) is 69.3 cm³/mol. The molecule has 0 atom stereocenters. The van der Waals surface area contributed by atoms with Crippen LogP contribution in [0.2, 0.25) is 5.02 Å². The van der Waals surface area contributed by atoms with E-state index in [4.69, 9.17) is 21.7 Å². The van der Waals surface area contributed by atoms with Crippen LogP contribution in [0.15, 0.2) is 27.8 Å². The number of rotatable bonds is 3. The Morgan fingerprint density at radius 3 is 2.94 bits per heavy atom. The summed E-state index contributed by atoms with van der Waals surface area (Å²) in [4.78, 5) is 2.76. The minimum atomic E-state index is 0.215. The van der Waals surface area contributed by atoms with Gasteiger partial charge in [-0.2, -0.15) is 0 Å². The molecule has 0 N–H and O–H groups in total. The Hall–Kier alpha value is -1.97. The van der Waals surface area contributed by atoms with E-state index in [2.05, 4.69) is 15.2 Å². The van der Waals surface area contributed by atoms with E-state index in [0.717, 1.165) is 16.7 Å². The molecule has 0 saturated heterocycles. The van der Waals surface area contributed by atoms with Gasteiger partial charge in [-0.25, -0.2) is 0 Å². The van der Waals surface area contributed by atoms with Crippen molar-refractivity contribution in [2.24, 2.45) is 5.11 Å². The number of nitrogens with zero attached hydrogens (tertiary/aromatic N) is 4. The van der Waals surface area contributed by atoms with Crippen LogP contribution in [0, 0.1) is 13.8 Å². The van der Waals surface area contributed by atoms with Gasteiger partial charge in [-0.05, 0) is 37.1 Å². The zero-order chi connectivity index (χ0) is 13.1. The molecule has 0 unspecified atom stereocenters. The van der Waals surface area contributed by atoms with E-state index in [1.54, 1.807) is 6.92 Å². The highest BCUT2D eigenvalue weighted by molar-refractivity contribution is 6.30. The molecular formula is C12H11ClN4O. The van der Waals surface area contributed by atoms with Gasteiger partial charge in [-0.1, -0.05) is 27.9 Å². The minimum Gasteiger partial charge on any atom is -0.361 e. The fourth-order valence-corrected chi connectivity index (χ4v) is 1.91. The second-order valence-corrected chi connectivity index (χ2v) is 4.35. The van der Waals surface area contributed by atoms with Crippen molar-refractivity contribution in [3.05, 3.63) is 50.6 Å². The lowest BCUT2D eigenvalue weighted by Crippen LogP contribution is -1.89. The largest absolute Gasteiger partial charge is 0.361 e. The van der Waals surface area contributed by atoms with Crippen molar-refractivity contribution in [2.75, 3.05) is 0 Å². The second-order valence-electron chi connectivity index (χ2n) is 3.91. The molecule has 1 heterocycles. The number of azide groups is 1. The summed E-state index contributed by atoms with van der Waals surface area (Å²) in [6.07, 6.45) is 0. The summed E-state index contributed by atoms with van der Waals surface area (Å²) in [7, 11) is 0. The first-order valence-electron chi connectivity index (χ1n) is 5.36. The first-order valence-corrected chi connectivity index (χ1v) is 5.74. The summed E-state index contributed by atoms with van der Waals surface area (Å²) in [6.45, 7) is 3.97. The van der Waals surface area contributed by atoms with Gasteiger partial charge in [0.2, 0.25) is 0 Å². The maximum Gasteiger partial charge on any atom is 0.137 e. The Kier molecular flexibility index (Phi) is 3.55. The van der Waals surface area contributed by atoms with Crippen molar-refractivity contribution < 1.29 is 4.52 Å². The lowest BCUT2D eigenvalue weighted by molar-refractivity contribution is 0.398. The zero-order valence-corrected chi connectivity index (χ0v) is 10.8. The van der Waals surface area contributed by atoms with Crippen LogP contribution < -0.4 is 0 Å². The topological polar surface area (TPSA) is 74.8 Å². The molecule has 0 bridgehead atoms. The van der Waals surface area contributed by atoms with Crippen molar-refractivity contribution in [3.63, 3.8) is 0 Å². The van der Waals surface area contributed by atoms with Gasteiger partial charge in [0, 0.05) is 21.1 Å². The normalized spacial score (nSPS) is 10.2.